The number of aromatic nitrogens is 2. The van der Waals surface area contributed by atoms with Crippen molar-refractivity contribution in [3.63, 3.8) is 0 Å². The van der Waals surface area contributed by atoms with E-state index in [2.05, 4.69) is 33.3 Å². The molecule has 3 nitrogen and oxygen atoms in total. The maximum Gasteiger partial charge on any atom is 0.124 e. The molecule has 2 aromatic rings. The number of rotatable bonds is 4. The largest absolute Gasteiger partial charge is 0.316 e. The van der Waals surface area contributed by atoms with Crippen LogP contribution in [0.3, 0.4) is 0 Å². The van der Waals surface area contributed by atoms with Crippen LogP contribution in [-0.4, -0.2) is 16.8 Å². The van der Waals surface area contributed by atoms with Gasteiger partial charge in [0.15, 0.2) is 0 Å². The average molecular weight is 326 g/mol. The standard InChI is InChI=1S/C14H17BrFN3/c1-9-13(7-17-3)10(2)19(18-9)8-11-4-5-12(16)6-14(11)15/h4-6,17H,7-8H2,1-3H3. The second-order valence-corrected chi connectivity index (χ2v) is 5.43. The first-order valence-electron chi connectivity index (χ1n) is 6.14. The van der Waals surface area contributed by atoms with Gasteiger partial charge in [0.2, 0.25) is 0 Å². The van der Waals surface area contributed by atoms with Crippen molar-refractivity contribution in [1.82, 2.24) is 15.1 Å². The minimum atomic E-state index is -0.236. The van der Waals surface area contributed by atoms with Crippen LogP contribution in [0.15, 0.2) is 22.7 Å². The Morgan fingerprint density at radius 3 is 2.74 bits per heavy atom. The van der Waals surface area contributed by atoms with Crippen LogP contribution >= 0.6 is 15.9 Å². The Balaban J connectivity index is 2.31. The normalized spacial score (nSPS) is 11.0. The third-order valence-corrected chi connectivity index (χ3v) is 3.96. The third kappa shape index (κ3) is 3.04. The molecular formula is C14H17BrFN3. The fourth-order valence-electron chi connectivity index (χ4n) is 2.13. The van der Waals surface area contributed by atoms with Crippen LogP contribution in [-0.2, 0) is 13.1 Å². The van der Waals surface area contributed by atoms with Gasteiger partial charge in [-0.05, 0) is 38.6 Å². The number of halogens is 2. The molecule has 0 unspecified atom stereocenters. The van der Waals surface area contributed by atoms with Crippen LogP contribution in [0.25, 0.3) is 0 Å². The highest BCUT2D eigenvalue weighted by atomic mass is 79.9. The number of nitrogens with one attached hydrogen (secondary N) is 1. The zero-order valence-corrected chi connectivity index (χ0v) is 12.9. The predicted octanol–water partition coefficient (Wildman–Crippen LogP) is 3.17. The minimum absolute atomic E-state index is 0.236. The number of aryl methyl sites for hydroxylation is 1. The summed E-state index contributed by atoms with van der Waals surface area (Å²) in [5, 5.41) is 7.70. The van der Waals surface area contributed by atoms with Crippen molar-refractivity contribution < 1.29 is 4.39 Å². The van der Waals surface area contributed by atoms with E-state index in [-0.39, 0.29) is 5.82 Å². The molecule has 1 aromatic carbocycles. The Labute approximate surface area is 121 Å². The minimum Gasteiger partial charge on any atom is -0.316 e. The Kier molecular flexibility index (Phi) is 4.37. The molecular weight excluding hydrogens is 309 g/mol. The molecule has 1 aromatic heterocycles. The van der Waals surface area contributed by atoms with E-state index in [0.29, 0.717) is 6.54 Å². The Morgan fingerprint density at radius 2 is 2.11 bits per heavy atom. The summed E-state index contributed by atoms with van der Waals surface area (Å²) in [6.07, 6.45) is 0. The van der Waals surface area contributed by atoms with E-state index in [1.54, 1.807) is 6.07 Å². The molecule has 0 radical (unpaired) electrons. The molecule has 0 fully saturated rings. The van der Waals surface area contributed by atoms with Gasteiger partial charge in [0.1, 0.15) is 5.82 Å². The highest BCUT2D eigenvalue weighted by Gasteiger charge is 2.12. The molecule has 1 N–H and O–H groups in total. The number of benzene rings is 1. The molecule has 0 spiro atoms. The smallest absolute Gasteiger partial charge is 0.124 e. The molecule has 102 valence electrons. The summed E-state index contributed by atoms with van der Waals surface area (Å²) in [6.45, 7) is 5.51. The summed E-state index contributed by atoms with van der Waals surface area (Å²) >= 11 is 3.39. The average Bonchev–Trinajstić information content (AvgIpc) is 2.61. The highest BCUT2D eigenvalue weighted by Crippen LogP contribution is 2.21. The maximum atomic E-state index is 13.1. The van der Waals surface area contributed by atoms with Gasteiger partial charge < -0.3 is 5.32 Å². The Hall–Kier alpha value is -1.20. The summed E-state index contributed by atoms with van der Waals surface area (Å²) in [7, 11) is 1.92. The lowest BCUT2D eigenvalue weighted by Crippen LogP contribution is -2.08. The van der Waals surface area contributed by atoms with Crippen molar-refractivity contribution >= 4 is 15.9 Å². The van der Waals surface area contributed by atoms with Crippen molar-refractivity contribution in [1.29, 1.82) is 0 Å². The van der Waals surface area contributed by atoms with Crippen LogP contribution in [0.4, 0.5) is 4.39 Å². The lowest BCUT2D eigenvalue weighted by atomic mass is 10.2. The fraction of sp³-hybridized carbons (Fsp3) is 0.357. The molecule has 1 heterocycles. The van der Waals surface area contributed by atoms with Crippen molar-refractivity contribution in [2.75, 3.05) is 7.05 Å². The molecule has 19 heavy (non-hydrogen) atoms. The van der Waals surface area contributed by atoms with Gasteiger partial charge >= 0.3 is 0 Å². The predicted molar refractivity (Wildman–Crippen MR) is 77.7 cm³/mol. The molecule has 2 rings (SSSR count). The van der Waals surface area contributed by atoms with Gasteiger partial charge in [0, 0.05) is 22.3 Å². The third-order valence-electron chi connectivity index (χ3n) is 3.22. The second-order valence-electron chi connectivity index (χ2n) is 4.57. The maximum absolute atomic E-state index is 13.1. The van der Waals surface area contributed by atoms with Crippen LogP contribution in [0.1, 0.15) is 22.5 Å². The van der Waals surface area contributed by atoms with E-state index >= 15 is 0 Å². The summed E-state index contributed by atoms with van der Waals surface area (Å²) < 4.78 is 15.8. The van der Waals surface area contributed by atoms with Gasteiger partial charge in [-0.1, -0.05) is 22.0 Å². The Bertz CT molecular complexity index is 593. The van der Waals surface area contributed by atoms with Gasteiger partial charge in [-0.2, -0.15) is 5.10 Å². The van der Waals surface area contributed by atoms with Crippen LogP contribution < -0.4 is 5.32 Å². The van der Waals surface area contributed by atoms with Crippen molar-refractivity contribution in [2.24, 2.45) is 0 Å². The molecule has 0 bridgehead atoms. The highest BCUT2D eigenvalue weighted by molar-refractivity contribution is 9.10. The SMILES string of the molecule is CNCc1c(C)nn(Cc2ccc(F)cc2Br)c1C. The number of nitrogens with zero attached hydrogens (tertiary/aromatic N) is 2. The fourth-order valence-corrected chi connectivity index (χ4v) is 2.61. The first-order chi connectivity index (χ1) is 9.02. The summed E-state index contributed by atoms with van der Waals surface area (Å²) in [5.74, 6) is -0.236. The summed E-state index contributed by atoms with van der Waals surface area (Å²) in [5.41, 5.74) is 4.41. The second kappa shape index (κ2) is 5.84. The first kappa shape index (κ1) is 14.2. The number of hydrogen-bond acceptors (Lipinski definition) is 2. The molecule has 0 aliphatic rings. The quantitative estimate of drug-likeness (QED) is 0.935. The lowest BCUT2D eigenvalue weighted by molar-refractivity contribution is 0.620. The molecule has 0 aliphatic carbocycles. The summed E-state index contributed by atoms with van der Waals surface area (Å²) in [4.78, 5) is 0. The van der Waals surface area contributed by atoms with E-state index < -0.39 is 0 Å². The monoisotopic (exact) mass is 325 g/mol. The van der Waals surface area contributed by atoms with Crippen LogP contribution in [0.2, 0.25) is 0 Å². The molecule has 0 saturated carbocycles. The molecule has 5 heteroatoms. The van der Waals surface area contributed by atoms with Gasteiger partial charge in [-0.3, -0.25) is 4.68 Å². The zero-order chi connectivity index (χ0) is 14.0. The first-order valence-corrected chi connectivity index (χ1v) is 6.93. The van der Waals surface area contributed by atoms with E-state index in [4.69, 9.17) is 0 Å². The van der Waals surface area contributed by atoms with Gasteiger partial charge in [0.25, 0.3) is 0 Å². The van der Waals surface area contributed by atoms with Crippen molar-refractivity contribution in [3.05, 3.63) is 51.0 Å². The van der Waals surface area contributed by atoms with E-state index in [0.717, 1.165) is 28.0 Å². The molecule has 0 saturated heterocycles. The Morgan fingerprint density at radius 1 is 1.37 bits per heavy atom. The lowest BCUT2D eigenvalue weighted by Gasteiger charge is -2.08. The molecule has 0 atom stereocenters. The zero-order valence-electron chi connectivity index (χ0n) is 11.3. The van der Waals surface area contributed by atoms with E-state index in [1.165, 1.54) is 17.7 Å². The molecule has 0 aliphatic heterocycles. The summed E-state index contributed by atoms with van der Waals surface area (Å²) in [6, 6.07) is 4.74. The topological polar surface area (TPSA) is 29.9 Å². The van der Waals surface area contributed by atoms with Crippen LogP contribution in [0, 0.1) is 19.7 Å². The van der Waals surface area contributed by atoms with Gasteiger partial charge in [-0.25, -0.2) is 4.39 Å². The van der Waals surface area contributed by atoms with Gasteiger partial charge in [0.05, 0.1) is 12.2 Å². The number of hydrogen-bond donors (Lipinski definition) is 1. The van der Waals surface area contributed by atoms with Crippen LogP contribution in [0.5, 0.6) is 0 Å². The van der Waals surface area contributed by atoms with E-state index in [1.807, 2.05) is 18.7 Å². The van der Waals surface area contributed by atoms with E-state index in [9.17, 15) is 4.39 Å². The van der Waals surface area contributed by atoms with Crippen molar-refractivity contribution in [3.8, 4) is 0 Å². The van der Waals surface area contributed by atoms with Gasteiger partial charge in [-0.15, -0.1) is 0 Å². The molecule has 0 amide bonds. The van der Waals surface area contributed by atoms with Crippen molar-refractivity contribution in [2.45, 2.75) is 26.9 Å².